The highest BCUT2D eigenvalue weighted by Crippen LogP contribution is 2.46. The number of nitrogens with zero attached hydrogens (tertiary/aromatic N) is 2. The van der Waals surface area contributed by atoms with Crippen molar-refractivity contribution in [1.29, 1.82) is 0 Å². The molecular formula is C22H15Br2FN2O3. The van der Waals surface area contributed by atoms with Gasteiger partial charge in [0.1, 0.15) is 10.4 Å². The van der Waals surface area contributed by atoms with Crippen molar-refractivity contribution in [3.05, 3.63) is 75.2 Å². The van der Waals surface area contributed by atoms with Crippen LogP contribution in [0.2, 0.25) is 0 Å². The molecule has 0 aliphatic rings. The van der Waals surface area contributed by atoms with Gasteiger partial charge < -0.3 is 14.4 Å². The van der Waals surface area contributed by atoms with Gasteiger partial charge in [0.05, 0.1) is 27.7 Å². The van der Waals surface area contributed by atoms with Crippen LogP contribution in [0.4, 0.5) is 4.39 Å². The van der Waals surface area contributed by atoms with E-state index in [1.165, 1.54) is 12.1 Å². The van der Waals surface area contributed by atoms with Gasteiger partial charge in [0, 0.05) is 5.69 Å². The highest BCUT2D eigenvalue weighted by atomic mass is 79.9. The fraction of sp³-hybridized carbons (Fsp3) is 0.0909. The van der Waals surface area contributed by atoms with Gasteiger partial charge in [-0.15, -0.1) is 0 Å². The summed E-state index contributed by atoms with van der Waals surface area (Å²) in [6.45, 7) is 1.83. The van der Waals surface area contributed by atoms with E-state index >= 15 is 0 Å². The number of aromatic hydroxyl groups is 1. The van der Waals surface area contributed by atoms with Gasteiger partial charge in [-0.1, -0.05) is 18.2 Å². The lowest BCUT2D eigenvalue weighted by Crippen LogP contribution is -2.08. The number of esters is 1. The first-order chi connectivity index (χ1) is 14.4. The van der Waals surface area contributed by atoms with Crippen molar-refractivity contribution in [2.45, 2.75) is 6.92 Å². The van der Waals surface area contributed by atoms with Gasteiger partial charge in [-0.25, -0.2) is 14.2 Å². The Hall–Kier alpha value is -2.71. The Kier molecular flexibility index (Phi) is 5.62. The molecule has 0 radical (unpaired) electrons. The molecule has 30 heavy (non-hydrogen) atoms. The SMILES string of the molecule is CCOC(=O)c1nc(Br)c2c(c1O)c(Br)c(-c1ccc(F)cc1)n2-c1ccccc1. The number of pyridine rings is 1. The molecule has 152 valence electrons. The Balaban J connectivity index is 2.13. The summed E-state index contributed by atoms with van der Waals surface area (Å²) in [7, 11) is 0. The molecule has 4 aromatic rings. The number of carbonyl (C=O) groups excluding carboxylic acids is 1. The number of ether oxygens (including phenoxy) is 1. The van der Waals surface area contributed by atoms with Crippen molar-refractivity contribution in [1.82, 2.24) is 9.55 Å². The third kappa shape index (κ3) is 3.40. The van der Waals surface area contributed by atoms with Gasteiger partial charge in [-0.3, -0.25) is 0 Å². The third-order valence-corrected chi connectivity index (χ3v) is 5.90. The minimum Gasteiger partial charge on any atom is -0.505 e. The van der Waals surface area contributed by atoms with E-state index in [1.54, 1.807) is 19.1 Å². The topological polar surface area (TPSA) is 64.3 Å². The van der Waals surface area contributed by atoms with Crippen molar-refractivity contribution in [3.8, 4) is 22.7 Å². The molecule has 0 spiro atoms. The molecule has 4 rings (SSSR count). The number of carbonyl (C=O) groups is 1. The molecule has 5 nitrogen and oxygen atoms in total. The van der Waals surface area contributed by atoms with Crippen molar-refractivity contribution in [2.24, 2.45) is 0 Å². The fourth-order valence-electron chi connectivity index (χ4n) is 3.32. The zero-order valence-corrected chi connectivity index (χ0v) is 18.9. The molecule has 0 aliphatic heterocycles. The monoisotopic (exact) mass is 532 g/mol. The Morgan fingerprint density at radius 3 is 2.43 bits per heavy atom. The summed E-state index contributed by atoms with van der Waals surface area (Å²) in [6.07, 6.45) is 0. The number of fused-ring (bicyclic) bond motifs is 1. The molecule has 2 heterocycles. The van der Waals surface area contributed by atoms with Gasteiger partial charge in [0.25, 0.3) is 0 Å². The Morgan fingerprint density at radius 2 is 1.80 bits per heavy atom. The van der Waals surface area contributed by atoms with Crippen molar-refractivity contribution >= 4 is 48.7 Å². The predicted octanol–water partition coefficient (Wildman–Crippen LogP) is 6.24. The number of hydrogen-bond donors (Lipinski definition) is 1. The van der Waals surface area contributed by atoms with Crippen LogP contribution in [-0.2, 0) is 4.74 Å². The van der Waals surface area contributed by atoms with Gasteiger partial charge in [-0.05, 0) is 80.7 Å². The minimum atomic E-state index is -0.722. The maximum atomic E-state index is 13.5. The summed E-state index contributed by atoms with van der Waals surface area (Å²) in [6, 6.07) is 15.5. The first-order valence-corrected chi connectivity index (χ1v) is 10.6. The molecule has 0 saturated heterocycles. The van der Waals surface area contributed by atoms with Crippen LogP contribution >= 0.6 is 31.9 Å². The molecule has 2 aromatic carbocycles. The lowest BCUT2D eigenvalue weighted by molar-refractivity contribution is 0.0516. The van der Waals surface area contributed by atoms with E-state index in [-0.39, 0.29) is 23.9 Å². The molecule has 0 unspecified atom stereocenters. The summed E-state index contributed by atoms with van der Waals surface area (Å²) in [5.41, 5.74) is 2.56. The first kappa shape index (κ1) is 20.6. The largest absolute Gasteiger partial charge is 0.505 e. The molecule has 0 aliphatic carbocycles. The van der Waals surface area contributed by atoms with Crippen LogP contribution < -0.4 is 0 Å². The predicted molar refractivity (Wildman–Crippen MR) is 119 cm³/mol. The highest BCUT2D eigenvalue weighted by molar-refractivity contribution is 9.11. The standard InChI is InChI=1S/C22H15Br2FN2O3/c1-2-30-22(29)17-20(28)15-16(23)18(12-8-10-13(25)11-9-12)27(19(15)21(24)26-17)14-6-4-3-5-7-14/h3-11,28H,2H2,1H3. The molecule has 2 aromatic heterocycles. The number of aromatic nitrogens is 2. The van der Waals surface area contributed by atoms with Gasteiger partial charge in [0.15, 0.2) is 11.4 Å². The molecule has 0 atom stereocenters. The lowest BCUT2D eigenvalue weighted by atomic mass is 10.1. The summed E-state index contributed by atoms with van der Waals surface area (Å²) in [5.74, 6) is -1.37. The van der Waals surface area contributed by atoms with Gasteiger partial charge in [0.2, 0.25) is 0 Å². The van der Waals surface area contributed by atoms with Crippen LogP contribution in [0.3, 0.4) is 0 Å². The Labute approximate surface area is 188 Å². The normalized spacial score (nSPS) is 11.1. The van der Waals surface area contributed by atoms with Crippen LogP contribution in [0, 0.1) is 5.82 Å². The lowest BCUT2D eigenvalue weighted by Gasteiger charge is -2.13. The number of hydrogen-bond acceptors (Lipinski definition) is 4. The van der Waals surface area contributed by atoms with E-state index in [0.717, 1.165) is 5.69 Å². The van der Waals surface area contributed by atoms with Crippen molar-refractivity contribution < 1.29 is 19.0 Å². The van der Waals surface area contributed by atoms with E-state index in [9.17, 15) is 14.3 Å². The van der Waals surface area contributed by atoms with Crippen molar-refractivity contribution in [3.63, 3.8) is 0 Å². The average Bonchev–Trinajstić information content (AvgIpc) is 3.06. The van der Waals surface area contributed by atoms with E-state index in [4.69, 9.17) is 4.74 Å². The van der Waals surface area contributed by atoms with Crippen LogP contribution in [-0.4, -0.2) is 27.2 Å². The van der Waals surface area contributed by atoms with E-state index < -0.39 is 5.97 Å². The Bertz CT molecular complexity index is 1260. The Morgan fingerprint density at radius 1 is 1.13 bits per heavy atom. The van der Waals surface area contributed by atoms with E-state index in [0.29, 0.717) is 31.2 Å². The quantitative estimate of drug-likeness (QED) is 0.249. The molecule has 0 fully saturated rings. The number of benzene rings is 2. The highest BCUT2D eigenvalue weighted by Gasteiger charge is 2.28. The zero-order chi connectivity index (χ0) is 21.4. The average molecular weight is 534 g/mol. The second-order valence-corrected chi connectivity index (χ2v) is 7.93. The third-order valence-electron chi connectivity index (χ3n) is 4.58. The van der Waals surface area contributed by atoms with Crippen LogP contribution in [0.1, 0.15) is 17.4 Å². The number of halogens is 3. The second-order valence-electron chi connectivity index (χ2n) is 6.38. The molecule has 0 amide bonds. The minimum absolute atomic E-state index is 0.155. The number of rotatable bonds is 4. The first-order valence-electron chi connectivity index (χ1n) is 9.04. The van der Waals surface area contributed by atoms with Crippen molar-refractivity contribution in [2.75, 3.05) is 6.61 Å². The van der Waals surface area contributed by atoms with Gasteiger partial charge in [-0.2, -0.15) is 0 Å². The maximum absolute atomic E-state index is 13.5. The van der Waals surface area contributed by atoms with E-state index in [2.05, 4.69) is 36.8 Å². The summed E-state index contributed by atoms with van der Waals surface area (Å²) in [4.78, 5) is 16.6. The summed E-state index contributed by atoms with van der Waals surface area (Å²) >= 11 is 7.04. The summed E-state index contributed by atoms with van der Waals surface area (Å²) in [5, 5.41) is 11.3. The maximum Gasteiger partial charge on any atom is 0.360 e. The van der Waals surface area contributed by atoms with Crippen LogP contribution in [0.15, 0.2) is 63.7 Å². The number of para-hydroxylation sites is 1. The molecular weight excluding hydrogens is 519 g/mol. The van der Waals surface area contributed by atoms with Crippen LogP contribution in [0.5, 0.6) is 5.75 Å². The molecule has 0 bridgehead atoms. The molecule has 1 N–H and O–H groups in total. The second kappa shape index (κ2) is 8.20. The molecule has 0 saturated carbocycles. The van der Waals surface area contributed by atoms with Crippen LogP contribution in [0.25, 0.3) is 27.8 Å². The summed E-state index contributed by atoms with van der Waals surface area (Å²) < 4.78 is 21.4. The van der Waals surface area contributed by atoms with Gasteiger partial charge >= 0.3 is 5.97 Å². The van der Waals surface area contributed by atoms with E-state index in [1.807, 2.05) is 34.9 Å². The molecule has 8 heteroatoms. The smallest absolute Gasteiger partial charge is 0.360 e. The fourth-order valence-corrected chi connectivity index (χ4v) is 4.65. The zero-order valence-electron chi connectivity index (χ0n) is 15.7.